The first-order valence-corrected chi connectivity index (χ1v) is 9.68. The molecule has 0 saturated heterocycles. The number of para-hydroxylation sites is 1. The molecule has 0 fully saturated rings. The van der Waals surface area contributed by atoms with Crippen molar-refractivity contribution in [3.8, 4) is 5.75 Å². The number of ketones is 1. The maximum absolute atomic E-state index is 12.9. The summed E-state index contributed by atoms with van der Waals surface area (Å²) in [4.78, 5) is 35.7. The van der Waals surface area contributed by atoms with E-state index in [-0.39, 0.29) is 36.5 Å². The number of carbonyl (C=O) groups is 3. The molecule has 2 rings (SSSR count). The third-order valence-electron chi connectivity index (χ3n) is 4.64. The SMILES string of the molecule is CC(C)C(=O)OCOC(=O)c1cccc2c1OB(O)[C@@H](CC(=O)CCC(C)(F)F)C2. The van der Waals surface area contributed by atoms with Gasteiger partial charge in [0.15, 0.2) is 0 Å². The molecule has 0 unspecified atom stereocenters. The van der Waals surface area contributed by atoms with Crippen molar-refractivity contribution in [1.82, 2.24) is 0 Å². The van der Waals surface area contributed by atoms with Gasteiger partial charge in [-0.1, -0.05) is 26.0 Å². The van der Waals surface area contributed by atoms with Crippen LogP contribution in [-0.2, 0) is 25.5 Å². The van der Waals surface area contributed by atoms with Crippen LogP contribution in [0.1, 0.15) is 56.0 Å². The molecule has 0 aliphatic carbocycles. The lowest BCUT2D eigenvalue weighted by molar-refractivity contribution is -0.155. The predicted molar refractivity (Wildman–Crippen MR) is 103 cm³/mol. The number of carbonyl (C=O) groups excluding carboxylic acids is 3. The largest absolute Gasteiger partial charge is 0.535 e. The van der Waals surface area contributed by atoms with Crippen LogP contribution in [0.5, 0.6) is 5.75 Å². The maximum Gasteiger partial charge on any atom is 0.526 e. The Labute approximate surface area is 173 Å². The van der Waals surface area contributed by atoms with Gasteiger partial charge in [0.25, 0.3) is 0 Å². The molecule has 1 aromatic rings. The number of fused-ring (bicyclic) bond motifs is 1. The molecule has 164 valence electrons. The van der Waals surface area contributed by atoms with Crippen molar-refractivity contribution in [3.05, 3.63) is 29.3 Å². The zero-order valence-corrected chi connectivity index (χ0v) is 17.2. The Morgan fingerprint density at radius 1 is 1.30 bits per heavy atom. The average molecular weight is 426 g/mol. The molecule has 0 bridgehead atoms. The topological polar surface area (TPSA) is 99.1 Å². The van der Waals surface area contributed by atoms with Crippen molar-refractivity contribution in [1.29, 1.82) is 0 Å². The summed E-state index contributed by atoms with van der Waals surface area (Å²) < 4.78 is 41.1. The summed E-state index contributed by atoms with van der Waals surface area (Å²) in [5.41, 5.74) is 0.620. The molecule has 1 aromatic carbocycles. The van der Waals surface area contributed by atoms with E-state index < -0.39 is 49.8 Å². The van der Waals surface area contributed by atoms with E-state index in [1.54, 1.807) is 26.0 Å². The standard InChI is InChI=1S/C20H25BF2O7/c1-12(2)18(25)28-11-29-19(26)16-6-4-5-13-9-14(21(27)30-17(13)16)10-15(24)7-8-20(3,22)23/h4-6,12,14,27H,7-11H2,1-3H3/t14-/m1/s1. The van der Waals surface area contributed by atoms with Crippen molar-refractivity contribution in [2.45, 2.75) is 58.2 Å². The fraction of sp³-hybridized carbons (Fsp3) is 0.550. The van der Waals surface area contributed by atoms with Crippen molar-refractivity contribution < 1.29 is 42.3 Å². The number of benzene rings is 1. The monoisotopic (exact) mass is 426 g/mol. The van der Waals surface area contributed by atoms with E-state index >= 15 is 0 Å². The van der Waals surface area contributed by atoms with Crippen molar-refractivity contribution in [3.63, 3.8) is 0 Å². The first kappa shape index (κ1) is 23.8. The molecule has 1 heterocycles. The number of esters is 2. The van der Waals surface area contributed by atoms with Crippen LogP contribution in [-0.4, -0.2) is 42.6 Å². The Hall–Kier alpha value is -2.49. The smallest absolute Gasteiger partial charge is 0.526 e. The molecule has 0 radical (unpaired) electrons. The third kappa shape index (κ3) is 6.79. The predicted octanol–water partition coefficient (Wildman–Crippen LogP) is 3.18. The molecule has 0 saturated carbocycles. The minimum absolute atomic E-state index is 0.0440. The minimum atomic E-state index is -2.93. The Morgan fingerprint density at radius 2 is 2.00 bits per heavy atom. The Morgan fingerprint density at radius 3 is 2.63 bits per heavy atom. The van der Waals surface area contributed by atoms with Crippen LogP contribution in [0.4, 0.5) is 8.78 Å². The Balaban J connectivity index is 2.00. The van der Waals surface area contributed by atoms with Gasteiger partial charge in [-0.25, -0.2) is 13.6 Å². The van der Waals surface area contributed by atoms with Gasteiger partial charge in [0.2, 0.25) is 12.7 Å². The summed E-state index contributed by atoms with van der Waals surface area (Å²) in [5.74, 6) is -5.50. The van der Waals surface area contributed by atoms with Gasteiger partial charge in [0.05, 0.1) is 5.92 Å². The number of ether oxygens (including phenoxy) is 2. The molecular formula is C20H25BF2O7. The number of hydrogen-bond acceptors (Lipinski definition) is 7. The van der Waals surface area contributed by atoms with E-state index in [0.29, 0.717) is 5.56 Å². The van der Waals surface area contributed by atoms with Gasteiger partial charge in [-0.05, 0) is 25.0 Å². The normalized spacial score (nSPS) is 16.0. The van der Waals surface area contributed by atoms with Gasteiger partial charge in [-0.15, -0.1) is 0 Å². The van der Waals surface area contributed by atoms with Gasteiger partial charge in [0, 0.05) is 25.1 Å². The lowest BCUT2D eigenvalue weighted by Gasteiger charge is -2.28. The molecular weight excluding hydrogens is 401 g/mol. The van der Waals surface area contributed by atoms with Crippen LogP contribution in [0.3, 0.4) is 0 Å². The summed E-state index contributed by atoms with van der Waals surface area (Å²) in [6, 6.07) is 4.70. The number of Topliss-reactive ketones (excluding diaryl/α,β-unsaturated/α-hetero) is 1. The van der Waals surface area contributed by atoms with E-state index in [1.165, 1.54) is 6.07 Å². The third-order valence-corrected chi connectivity index (χ3v) is 4.64. The van der Waals surface area contributed by atoms with E-state index in [2.05, 4.69) is 0 Å². The molecule has 0 spiro atoms. The molecule has 10 heteroatoms. The van der Waals surface area contributed by atoms with Gasteiger partial charge in [-0.2, -0.15) is 0 Å². The lowest BCUT2D eigenvalue weighted by atomic mass is 9.64. The lowest BCUT2D eigenvalue weighted by Crippen LogP contribution is -2.36. The highest BCUT2D eigenvalue weighted by Crippen LogP contribution is 2.37. The van der Waals surface area contributed by atoms with Crippen LogP contribution < -0.4 is 4.65 Å². The van der Waals surface area contributed by atoms with Crippen LogP contribution in [0.25, 0.3) is 0 Å². The zero-order chi connectivity index (χ0) is 22.5. The quantitative estimate of drug-likeness (QED) is 0.368. The molecule has 0 aromatic heterocycles. The Kier molecular flexibility index (Phi) is 7.94. The van der Waals surface area contributed by atoms with Gasteiger partial charge in [0.1, 0.15) is 17.1 Å². The second kappa shape index (κ2) is 10.0. The average Bonchev–Trinajstić information content (AvgIpc) is 2.65. The number of halogens is 2. The van der Waals surface area contributed by atoms with E-state index in [0.717, 1.165) is 6.92 Å². The van der Waals surface area contributed by atoms with Crippen LogP contribution in [0, 0.1) is 5.92 Å². The van der Waals surface area contributed by atoms with Gasteiger partial charge in [-0.3, -0.25) is 9.59 Å². The zero-order valence-electron chi connectivity index (χ0n) is 17.2. The highest BCUT2D eigenvalue weighted by atomic mass is 19.3. The number of rotatable bonds is 9. The molecule has 1 atom stereocenters. The molecule has 7 nitrogen and oxygen atoms in total. The second-order valence-electron chi connectivity index (χ2n) is 7.75. The van der Waals surface area contributed by atoms with Gasteiger partial charge < -0.3 is 19.2 Å². The van der Waals surface area contributed by atoms with Crippen molar-refractivity contribution in [2.75, 3.05) is 6.79 Å². The summed E-state index contributed by atoms with van der Waals surface area (Å²) in [5, 5.41) is 10.3. The fourth-order valence-corrected chi connectivity index (χ4v) is 2.96. The number of hydrogen-bond donors (Lipinski definition) is 1. The fourth-order valence-electron chi connectivity index (χ4n) is 2.96. The van der Waals surface area contributed by atoms with E-state index in [4.69, 9.17) is 14.1 Å². The summed E-state index contributed by atoms with van der Waals surface area (Å²) in [6.45, 7) is 3.48. The van der Waals surface area contributed by atoms with Crippen LogP contribution in [0.15, 0.2) is 18.2 Å². The minimum Gasteiger partial charge on any atom is -0.535 e. The van der Waals surface area contributed by atoms with E-state index in [9.17, 15) is 28.2 Å². The second-order valence-corrected chi connectivity index (χ2v) is 7.75. The van der Waals surface area contributed by atoms with Crippen LogP contribution >= 0.6 is 0 Å². The maximum atomic E-state index is 12.9. The summed E-state index contributed by atoms with van der Waals surface area (Å²) in [6.07, 6.45) is -0.727. The highest BCUT2D eigenvalue weighted by Gasteiger charge is 2.38. The van der Waals surface area contributed by atoms with E-state index in [1.807, 2.05) is 0 Å². The highest BCUT2D eigenvalue weighted by molar-refractivity contribution is 6.47. The summed E-state index contributed by atoms with van der Waals surface area (Å²) >= 11 is 0. The van der Waals surface area contributed by atoms with Crippen molar-refractivity contribution in [2.24, 2.45) is 5.92 Å². The molecule has 0 amide bonds. The van der Waals surface area contributed by atoms with Crippen LogP contribution in [0.2, 0.25) is 5.82 Å². The van der Waals surface area contributed by atoms with Crippen molar-refractivity contribution >= 4 is 24.8 Å². The molecule has 1 aliphatic heterocycles. The molecule has 1 aliphatic rings. The Bertz CT molecular complexity index is 792. The molecule has 30 heavy (non-hydrogen) atoms. The first-order valence-electron chi connectivity index (χ1n) is 9.68. The summed E-state index contributed by atoms with van der Waals surface area (Å²) in [7, 11) is -1.38. The first-order chi connectivity index (χ1) is 14.0. The number of alkyl halides is 2. The van der Waals surface area contributed by atoms with Gasteiger partial charge >= 0.3 is 19.1 Å². The molecule has 1 N–H and O–H groups in total.